The standard InChI is InChI=1S/C27H54N2O4/c1-22(2)32-21-19-29-17-11-25(12-18-29)27(6,31)13-8-23(3)33-20-7-14-28-15-9-24(10-16-28)26(4,5)30/h22-25,30-31H,7-21H2,1-6H3/t23-,27?/m0/s1. The minimum absolute atomic E-state index is 0.186. The molecule has 0 aromatic heterocycles. The Morgan fingerprint density at radius 3 is 1.88 bits per heavy atom. The summed E-state index contributed by atoms with van der Waals surface area (Å²) in [6.45, 7) is 20.1. The van der Waals surface area contributed by atoms with Gasteiger partial charge >= 0.3 is 0 Å². The quantitative estimate of drug-likeness (QED) is 0.375. The molecule has 0 aliphatic carbocycles. The number of likely N-dealkylation sites (tertiary alicyclic amines) is 2. The molecule has 2 aliphatic rings. The van der Waals surface area contributed by atoms with E-state index in [0.29, 0.717) is 17.9 Å². The zero-order valence-corrected chi connectivity index (χ0v) is 22.5. The van der Waals surface area contributed by atoms with Gasteiger partial charge < -0.3 is 29.5 Å². The molecule has 0 amide bonds. The molecule has 2 heterocycles. The van der Waals surface area contributed by atoms with Gasteiger partial charge in [0.1, 0.15) is 0 Å². The van der Waals surface area contributed by atoms with Gasteiger partial charge in [0.2, 0.25) is 0 Å². The predicted molar refractivity (Wildman–Crippen MR) is 136 cm³/mol. The SMILES string of the molecule is CC(C)OCCN1CCC(C(C)(O)CC[C@H](C)OCCCN2CCC(C(C)(C)O)CC2)CC1. The van der Waals surface area contributed by atoms with Crippen LogP contribution in [0.3, 0.4) is 0 Å². The molecule has 33 heavy (non-hydrogen) atoms. The summed E-state index contributed by atoms with van der Waals surface area (Å²) in [5.41, 5.74) is -1.16. The molecule has 0 bridgehead atoms. The Bertz CT molecular complexity index is 519. The number of aliphatic hydroxyl groups is 2. The van der Waals surface area contributed by atoms with Crippen molar-refractivity contribution in [3.63, 3.8) is 0 Å². The Labute approximate surface area is 204 Å². The van der Waals surface area contributed by atoms with Crippen LogP contribution in [-0.4, -0.2) is 95.9 Å². The highest BCUT2D eigenvalue weighted by Crippen LogP contribution is 2.32. The molecule has 2 N–H and O–H groups in total. The second kappa shape index (κ2) is 13.7. The van der Waals surface area contributed by atoms with Crippen molar-refractivity contribution < 1.29 is 19.7 Å². The Morgan fingerprint density at radius 1 is 0.788 bits per heavy atom. The van der Waals surface area contributed by atoms with Gasteiger partial charge in [-0.1, -0.05) is 0 Å². The van der Waals surface area contributed by atoms with Crippen LogP contribution in [0.25, 0.3) is 0 Å². The zero-order chi connectivity index (χ0) is 24.5. The Kier molecular flexibility index (Phi) is 12.1. The Morgan fingerprint density at radius 2 is 1.33 bits per heavy atom. The number of nitrogens with zero attached hydrogens (tertiary/aromatic N) is 2. The van der Waals surface area contributed by atoms with Crippen molar-refractivity contribution in [2.45, 2.75) is 110 Å². The van der Waals surface area contributed by atoms with Crippen LogP contribution in [0.1, 0.15) is 86.5 Å². The Balaban J connectivity index is 1.54. The first-order chi connectivity index (χ1) is 15.5. The lowest BCUT2D eigenvalue weighted by Crippen LogP contribution is -2.44. The maximum absolute atomic E-state index is 11.1. The van der Waals surface area contributed by atoms with Crippen LogP contribution in [0.4, 0.5) is 0 Å². The average Bonchev–Trinajstić information content (AvgIpc) is 2.75. The van der Waals surface area contributed by atoms with E-state index in [1.165, 1.54) is 0 Å². The molecule has 0 spiro atoms. The van der Waals surface area contributed by atoms with Crippen LogP contribution in [0, 0.1) is 11.8 Å². The van der Waals surface area contributed by atoms with E-state index in [9.17, 15) is 10.2 Å². The van der Waals surface area contributed by atoms with Gasteiger partial charge in [-0.2, -0.15) is 0 Å². The van der Waals surface area contributed by atoms with Gasteiger partial charge in [-0.05, 0) is 125 Å². The second-order valence-electron chi connectivity index (χ2n) is 11.7. The molecule has 0 radical (unpaired) electrons. The summed E-state index contributed by atoms with van der Waals surface area (Å²) in [6, 6.07) is 0. The van der Waals surface area contributed by atoms with E-state index in [1.807, 2.05) is 20.8 Å². The van der Waals surface area contributed by atoms with Crippen LogP contribution >= 0.6 is 0 Å². The van der Waals surface area contributed by atoms with Gasteiger partial charge in [-0.25, -0.2) is 0 Å². The van der Waals surface area contributed by atoms with Crippen LogP contribution in [0.15, 0.2) is 0 Å². The van der Waals surface area contributed by atoms with E-state index >= 15 is 0 Å². The number of piperidine rings is 2. The van der Waals surface area contributed by atoms with Gasteiger partial charge in [0, 0.05) is 19.7 Å². The lowest BCUT2D eigenvalue weighted by Gasteiger charge is -2.40. The highest BCUT2D eigenvalue weighted by atomic mass is 16.5. The normalized spacial score (nSPS) is 23.2. The lowest BCUT2D eigenvalue weighted by atomic mass is 9.78. The summed E-state index contributed by atoms with van der Waals surface area (Å²) in [6.07, 6.45) is 7.54. The summed E-state index contributed by atoms with van der Waals surface area (Å²) >= 11 is 0. The molecular weight excluding hydrogens is 416 g/mol. The molecule has 0 saturated carbocycles. The summed E-state index contributed by atoms with van der Waals surface area (Å²) in [5.74, 6) is 0.794. The fourth-order valence-corrected chi connectivity index (χ4v) is 5.41. The topological polar surface area (TPSA) is 65.4 Å². The Hall–Kier alpha value is -0.240. The first-order valence-electron chi connectivity index (χ1n) is 13.6. The molecule has 2 saturated heterocycles. The summed E-state index contributed by atoms with van der Waals surface area (Å²) in [5, 5.41) is 21.3. The van der Waals surface area contributed by atoms with Crippen LogP contribution in [0.5, 0.6) is 0 Å². The van der Waals surface area contributed by atoms with Gasteiger partial charge in [-0.3, -0.25) is 0 Å². The van der Waals surface area contributed by atoms with Gasteiger partial charge in [0.05, 0.1) is 30.0 Å². The fourth-order valence-electron chi connectivity index (χ4n) is 5.41. The first-order valence-corrected chi connectivity index (χ1v) is 13.6. The van der Waals surface area contributed by atoms with Gasteiger partial charge in [-0.15, -0.1) is 0 Å². The number of rotatable bonds is 14. The number of ether oxygens (including phenoxy) is 2. The van der Waals surface area contributed by atoms with Crippen molar-refractivity contribution in [1.82, 2.24) is 9.80 Å². The molecule has 6 heteroatoms. The average molecular weight is 471 g/mol. The summed E-state index contributed by atoms with van der Waals surface area (Å²) < 4.78 is 11.7. The highest BCUT2D eigenvalue weighted by molar-refractivity contribution is 4.87. The van der Waals surface area contributed by atoms with Crippen molar-refractivity contribution in [2.24, 2.45) is 11.8 Å². The van der Waals surface area contributed by atoms with E-state index in [-0.39, 0.29) is 6.10 Å². The summed E-state index contributed by atoms with van der Waals surface area (Å²) in [4.78, 5) is 4.97. The molecule has 2 atom stereocenters. The third-order valence-corrected chi connectivity index (χ3v) is 7.99. The highest BCUT2D eigenvalue weighted by Gasteiger charge is 2.34. The maximum Gasteiger partial charge on any atom is 0.0649 e. The van der Waals surface area contributed by atoms with E-state index in [4.69, 9.17) is 9.47 Å². The molecule has 2 aliphatic heterocycles. The molecular formula is C27H54N2O4. The molecule has 2 fully saturated rings. The van der Waals surface area contributed by atoms with E-state index in [0.717, 1.165) is 97.4 Å². The van der Waals surface area contributed by atoms with Crippen molar-refractivity contribution >= 4 is 0 Å². The molecule has 196 valence electrons. The van der Waals surface area contributed by atoms with Crippen molar-refractivity contribution in [3.8, 4) is 0 Å². The first kappa shape index (κ1) is 29.0. The minimum atomic E-state index is -0.608. The molecule has 0 aromatic carbocycles. The number of hydrogen-bond donors (Lipinski definition) is 2. The third-order valence-electron chi connectivity index (χ3n) is 7.99. The molecule has 6 nitrogen and oxygen atoms in total. The van der Waals surface area contributed by atoms with E-state index in [1.54, 1.807) is 0 Å². The molecule has 1 unspecified atom stereocenters. The van der Waals surface area contributed by atoms with Crippen molar-refractivity contribution in [3.05, 3.63) is 0 Å². The fraction of sp³-hybridized carbons (Fsp3) is 1.00. The van der Waals surface area contributed by atoms with Crippen LogP contribution < -0.4 is 0 Å². The zero-order valence-electron chi connectivity index (χ0n) is 22.5. The van der Waals surface area contributed by atoms with E-state index in [2.05, 4.69) is 30.6 Å². The van der Waals surface area contributed by atoms with Crippen molar-refractivity contribution in [1.29, 1.82) is 0 Å². The monoisotopic (exact) mass is 470 g/mol. The molecule has 0 aromatic rings. The summed E-state index contributed by atoms with van der Waals surface area (Å²) in [7, 11) is 0. The smallest absolute Gasteiger partial charge is 0.0649 e. The lowest BCUT2D eigenvalue weighted by molar-refractivity contribution is -0.0504. The van der Waals surface area contributed by atoms with Crippen molar-refractivity contribution in [2.75, 3.05) is 52.5 Å². The third kappa shape index (κ3) is 10.9. The minimum Gasteiger partial charge on any atom is -0.390 e. The number of hydrogen-bond acceptors (Lipinski definition) is 6. The van der Waals surface area contributed by atoms with Gasteiger partial charge in [0.25, 0.3) is 0 Å². The van der Waals surface area contributed by atoms with E-state index < -0.39 is 11.2 Å². The van der Waals surface area contributed by atoms with Gasteiger partial charge in [0.15, 0.2) is 0 Å². The van der Waals surface area contributed by atoms with Crippen LogP contribution in [-0.2, 0) is 9.47 Å². The second-order valence-corrected chi connectivity index (χ2v) is 11.7. The molecule has 2 rings (SSSR count). The van der Waals surface area contributed by atoms with Crippen LogP contribution in [0.2, 0.25) is 0 Å². The predicted octanol–water partition coefficient (Wildman–Crippen LogP) is 3.93. The maximum atomic E-state index is 11.1. The largest absolute Gasteiger partial charge is 0.390 e.